The van der Waals surface area contributed by atoms with Crippen molar-refractivity contribution in [2.45, 2.75) is 6.54 Å². The van der Waals surface area contributed by atoms with Crippen molar-refractivity contribution in [3.05, 3.63) is 29.2 Å². The van der Waals surface area contributed by atoms with E-state index in [1.54, 1.807) is 18.3 Å². The fourth-order valence-electron chi connectivity index (χ4n) is 1.05. The molecule has 0 atom stereocenters. The van der Waals surface area contributed by atoms with Crippen molar-refractivity contribution in [1.29, 1.82) is 0 Å². The second kappa shape index (κ2) is 2.77. The van der Waals surface area contributed by atoms with Crippen LogP contribution in [0.2, 0.25) is 5.22 Å². The first-order valence-electron chi connectivity index (χ1n) is 3.53. The number of aromatic nitrogens is 1. The van der Waals surface area contributed by atoms with Crippen molar-refractivity contribution in [3.63, 3.8) is 0 Å². The van der Waals surface area contributed by atoms with Gasteiger partial charge in [-0.1, -0.05) is 0 Å². The second-order valence-corrected chi connectivity index (χ2v) is 2.84. The Balaban J connectivity index is 2.66. The molecule has 0 unspecified atom stereocenters. The third-order valence-electron chi connectivity index (χ3n) is 1.64. The van der Waals surface area contributed by atoms with E-state index in [4.69, 9.17) is 21.8 Å². The van der Waals surface area contributed by atoms with Gasteiger partial charge >= 0.3 is 0 Å². The lowest BCUT2D eigenvalue weighted by molar-refractivity contribution is 0.617. The van der Waals surface area contributed by atoms with Gasteiger partial charge in [0.2, 0.25) is 0 Å². The first-order chi connectivity index (χ1) is 5.79. The van der Waals surface area contributed by atoms with E-state index in [1.807, 2.05) is 0 Å². The molecule has 4 heteroatoms. The van der Waals surface area contributed by atoms with E-state index in [-0.39, 0.29) is 0 Å². The third kappa shape index (κ3) is 1.17. The monoisotopic (exact) mass is 182 g/mol. The highest BCUT2D eigenvalue weighted by Gasteiger charge is 2.02. The minimum absolute atomic E-state index is 0.376. The molecule has 0 aliphatic carbocycles. The highest BCUT2D eigenvalue weighted by Crippen LogP contribution is 2.22. The molecule has 0 aliphatic heterocycles. The minimum atomic E-state index is 0.376. The Morgan fingerprint density at radius 1 is 1.50 bits per heavy atom. The molecule has 0 aromatic carbocycles. The minimum Gasteiger partial charge on any atom is -0.445 e. The van der Waals surface area contributed by atoms with Crippen LogP contribution in [0.1, 0.15) is 5.69 Å². The van der Waals surface area contributed by atoms with Crippen LogP contribution >= 0.6 is 11.6 Å². The number of fused-ring (bicyclic) bond motifs is 1. The first-order valence-corrected chi connectivity index (χ1v) is 3.91. The summed E-state index contributed by atoms with van der Waals surface area (Å²) in [5.74, 6) is 0. The van der Waals surface area contributed by atoms with Gasteiger partial charge in [-0.3, -0.25) is 4.98 Å². The molecule has 2 aromatic heterocycles. The summed E-state index contributed by atoms with van der Waals surface area (Å²) in [4.78, 5) is 4.10. The zero-order chi connectivity index (χ0) is 8.55. The molecule has 0 saturated heterocycles. The quantitative estimate of drug-likeness (QED) is 0.734. The van der Waals surface area contributed by atoms with E-state index < -0.39 is 0 Å². The van der Waals surface area contributed by atoms with E-state index in [9.17, 15) is 0 Å². The van der Waals surface area contributed by atoms with Gasteiger partial charge in [-0.05, 0) is 11.6 Å². The van der Waals surface area contributed by atoms with Gasteiger partial charge in [0.1, 0.15) is 5.58 Å². The molecule has 2 rings (SSSR count). The van der Waals surface area contributed by atoms with Crippen LogP contribution in [-0.2, 0) is 6.54 Å². The van der Waals surface area contributed by atoms with Crippen molar-refractivity contribution in [1.82, 2.24) is 4.98 Å². The Labute approximate surface area is 74.1 Å². The van der Waals surface area contributed by atoms with Crippen molar-refractivity contribution < 1.29 is 4.42 Å². The van der Waals surface area contributed by atoms with Crippen molar-refractivity contribution >= 4 is 22.6 Å². The molecular formula is C8H7ClN2O. The largest absolute Gasteiger partial charge is 0.445 e. The molecule has 0 saturated carbocycles. The summed E-state index contributed by atoms with van der Waals surface area (Å²) in [6.07, 6.45) is 1.70. The van der Waals surface area contributed by atoms with Crippen LogP contribution in [0, 0.1) is 0 Å². The second-order valence-electron chi connectivity index (χ2n) is 2.47. The van der Waals surface area contributed by atoms with Crippen molar-refractivity contribution in [3.8, 4) is 0 Å². The molecular weight excluding hydrogens is 176 g/mol. The number of pyridine rings is 1. The van der Waals surface area contributed by atoms with Gasteiger partial charge in [-0.15, -0.1) is 0 Å². The normalized spacial score (nSPS) is 10.8. The first kappa shape index (κ1) is 7.58. The SMILES string of the molecule is NCc1cc2oc(Cl)cc2cn1. The zero-order valence-electron chi connectivity index (χ0n) is 6.25. The molecule has 2 heterocycles. The van der Waals surface area contributed by atoms with Crippen LogP contribution in [0.4, 0.5) is 0 Å². The van der Waals surface area contributed by atoms with E-state index in [2.05, 4.69) is 4.98 Å². The van der Waals surface area contributed by atoms with Gasteiger partial charge in [0.25, 0.3) is 0 Å². The molecule has 0 bridgehead atoms. The van der Waals surface area contributed by atoms with Crippen LogP contribution in [0.5, 0.6) is 0 Å². The fraction of sp³-hybridized carbons (Fsp3) is 0.125. The molecule has 0 aliphatic rings. The summed E-state index contributed by atoms with van der Waals surface area (Å²) in [5, 5.41) is 1.28. The summed E-state index contributed by atoms with van der Waals surface area (Å²) in [5.41, 5.74) is 6.94. The Morgan fingerprint density at radius 2 is 2.33 bits per heavy atom. The smallest absolute Gasteiger partial charge is 0.194 e. The predicted molar refractivity (Wildman–Crippen MR) is 46.9 cm³/mol. The topological polar surface area (TPSA) is 52.0 Å². The summed E-state index contributed by atoms with van der Waals surface area (Å²) in [7, 11) is 0. The molecule has 0 amide bonds. The van der Waals surface area contributed by atoms with Crippen molar-refractivity contribution in [2.24, 2.45) is 5.73 Å². The average Bonchev–Trinajstić information content (AvgIpc) is 2.43. The maximum Gasteiger partial charge on any atom is 0.194 e. The van der Waals surface area contributed by atoms with Crippen LogP contribution in [-0.4, -0.2) is 4.98 Å². The van der Waals surface area contributed by atoms with Gasteiger partial charge in [-0.25, -0.2) is 0 Å². The average molecular weight is 183 g/mol. The Hall–Kier alpha value is -1.06. The Kier molecular flexibility index (Phi) is 1.75. The molecule has 0 fully saturated rings. The Bertz CT molecular complexity index is 410. The number of rotatable bonds is 1. The van der Waals surface area contributed by atoms with Crippen LogP contribution < -0.4 is 5.73 Å². The molecule has 62 valence electrons. The lowest BCUT2D eigenvalue weighted by atomic mass is 10.3. The van der Waals surface area contributed by atoms with Crippen LogP contribution in [0.3, 0.4) is 0 Å². The van der Waals surface area contributed by atoms with E-state index >= 15 is 0 Å². The summed E-state index contributed by atoms with van der Waals surface area (Å²) >= 11 is 5.65. The Morgan fingerprint density at radius 3 is 3.08 bits per heavy atom. The summed E-state index contributed by atoms with van der Waals surface area (Å²) in [6, 6.07) is 3.52. The highest BCUT2D eigenvalue weighted by atomic mass is 35.5. The number of hydrogen-bond donors (Lipinski definition) is 1. The summed E-state index contributed by atoms with van der Waals surface area (Å²) in [6.45, 7) is 0.411. The van der Waals surface area contributed by atoms with Crippen LogP contribution in [0.15, 0.2) is 22.7 Å². The van der Waals surface area contributed by atoms with E-state index in [1.165, 1.54) is 0 Å². The van der Waals surface area contributed by atoms with Gasteiger partial charge in [0.05, 0.1) is 5.69 Å². The molecule has 2 aromatic rings. The third-order valence-corrected chi connectivity index (χ3v) is 1.82. The number of halogens is 1. The fourth-order valence-corrected chi connectivity index (χ4v) is 1.25. The molecule has 2 N–H and O–H groups in total. The van der Waals surface area contributed by atoms with Crippen molar-refractivity contribution in [2.75, 3.05) is 0 Å². The maximum absolute atomic E-state index is 5.65. The van der Waals surface area contributed by atoms with E-state index in [0.717, 1.165) is 16.7 Å². The van der Waals surface area contributed by atoms with Crippen LogP contribution in [0.25, 0.3) is 11.0 Å². The van der Waals surface area contributed by atoms with E-state index in [0.29, 0.717) is 11.8 Å². The van der Waals surface area contributed by atoms with Gasteiger partial charge in [-0.2, -0.15) is 0 Å². The molecule has 12 heavy (non-hydrogen) atoms. The number of hydrogen-bond acceptors (Lipinski definition) is 3. The maximum atomic E-state index is 5.65. The molecule has 0 spiro atoms. The number of furan rings is 1. The lowest BCUT2D eigenvalue weighted by Gasteiger charge is -1.92. The standard InChI is InChI=1S/C8H7ClN2O/c9-8-1-5-4-11-6(3-10)2-7(5)12-8/h1-2,4H,3,10H2. The molecule has 0 radical (unpaired) electrons. The van der Waals surface area contributed by atoms with Gasteiger partial charge < -0.3 is 10.2 Å². The van der Waals surface area contributed by atoms with Gasteiger partial charge in [0, 0.05) is 30.3 Å². The number of nitrogens with two attached hydrogens (primary N) is 1. The lowest BCUT2D eigenvalue weighted by Crippen LogP contribution is -1.97. The molecule has 3 nitrogen and oxygen atoms in total. The zero-order valence-corrected chi connectivity index (χ0v) is 7.01. The predicted octanol–water partition coefficient (Wildman–Crippen LogP) is 1.94. The van der Waals surface area contributed by atoms with Gasteiger partial charge in [0.15, 0.2) is 5.22 Å². The number of nitrogens with zero attached hydrogens (tertiary/aromatic N) is 1. The highest BCUT2D eigenvalue weighted by molar-refractivity contribution is 6.29. The summed E-state index contributed by atoms with van der Waals surface area (Å²) < 4.78 is 5.18.